The summed E-state index contributed by atoms with van der Waals surface area (Å²) in [6, 6.07) is 9.79. The van der Waals surface area contributed by atoms with Gasteiger partial charge in [0.25, 0.3) is 0 Å². The van der Waals surface area contributed by atoms with E-state index in [-0.39, 0.29) is 11.9 Å². The summed E-state index contributed by atoms with van der Waals surface area (Å²) < 4.78 is 0. The topological polar surface area (TPSA) is 32.3 Å². The Morgan fingerprint density at radius 1 is 1.39 bits per heavy atom. The van der Waals surface area contributed by atoms with Crippen LogP contribution in [0, 0.1) is 0 Å². The van der Waals surface area contributed by atoms with E-state index in [1.54, 1.807) is 0 Å². The second-order valence-electron chi connectivity index (χ2n) is 4.36. The van der Waals surface area contributed by atoms with Gasteiger partial charge in [0, 0.05) is 6.54 Å². The number of benzene rings is 1. The van der Waals surface area contributed by atoms with Crippen LogP contribution in [0.1, 0.15) is 24.9 Å². The molecule has 1 N–H and O–H groups in total. The van der Waals surface area contributed by atoms with Crippen molar-refractivity contribution in [1.82, 2.24) is 10.2 Å². The van der Waals surface area contributed by atoms with Gasteiger partial charge in [0.15, 0.2) is 0 Å². The molecule has 1 fully saturated rings. The second kappa shape index (κ2) is 6.81. The van der Waals surface area contributed by atoms with Crippen LogP contribution in [0.15, 0.2) is 30.3 Å². The van der Waals surface area contributed by atoms with Crippen LogP contribution in [0.5, 0.6) is 0 Å². The fourth-order valence-electron chi connectivity index (χ4n) is 2.15. The number of carbonyl (C=O) groups is 1. The van der Waals surface area contributed by atoms with Gasteiger partial charge in [-0.2, -0.15) is 11.8 Å². The van der Waals surface area contributed by atoms with Crippen LogP contribution in [0.2, 0.25) is 0 Å². The minimum atomic E-state index is -0.148. The van der Waals surface area contributed by atoms with Crippen molar-refractivity contribution < 1.29 is 4.79 Å². The van der Waals surface area contributed by atoms with E-state index in [2.05, 4.69) is 12.2 Å². The molecular weight excluding hydrogens is 244 g/mol. The van der Waals surface area contributed by atoms with Gasteiger partial charge in [-0.05, 0) is 23.5 Å². The van der Waals surface area contributed by atoms with Gasteiger partial charge in [-0.1, -0.05) is 37.3 Å². The maximum atomic E-state index is 12.2. The molecule has 0 spiro atoms. The lowest BCUT2D eigenvalue weighted by molar-refractivity contribution is -0.129. The smallest absolute Gasteiger partial charge is 0.245 e. The molecule has 1 unspecified atom stereocenters. The molecule has 1 atom stereocenters. The minimum absolute atomic E-state index is 0.148. The van der Waals surface area contributed by atoms with Crippen molar-refractivity contribution in [2.45, 2.75) is 19.4 Å². The van der Waals surface area contributed by atoms with Gasteiger partial charge in [0.2, 0.25) is 5.91 Å². The average Bonchev–Trinajstić information content (AvgIpc) is 2.77. The fraction of sp³-hybridized carbons (Fsp3) is 0.500. The van der Waals surface area contributed by atoms with Gasteiger partial charge < -0.3 is 4.90 Å². The number of amides is 1. The molecule has 1 aliphatic rings. The van der Waals surface area contributed by atoms with E-state index in [0.29, 0.717) is 6.67 Å². The molecule has 0 saturated carbocycles. The molecule has 0 aliphatic carbocycles. The number of rotatable bonds is 6. The van der Waals surface area contributed by atoms with E-state index in [1.165, 1.54) is 0 Å². The summed E-state index contributed by atoms with van der Waals surface area (Å²) in [5.41, 5.74) is 1.06. The summed E-state index contributed by atoms with van der Waals surface area (Å²) in [5.74, 6) is 2.50. The third-order valence-corrected chi connectivity index (χ3v) is 4.08. The highest BCUT2D eigenvalue weighted by Crippen LogP contribution is 2.20. The zero-order chi connectivity index (χ0) is 12.8. The zero-order valence-electron chi connectivity index (χ0n) is 10.8. The van der Waals surface area contributed by atoms with E-state index < -0.39 is 0 Å². The Kier molecular flexibility index (Phi) is 5.08. The van der Waals surface area contributed by atoms with Gasteiger partial charge >= 0.3 is 0 Å². The van der Waals surface area contributed by atoms with Crippen LogP contribution >= 0.6 is 11.8 Å². The SMILES string of the molecule is CCSCCCN1CNC(c2ccccc2)C1=O. The second-order valence-corrected chi connectivity index (χ2v) is 5.75. The Morgan fingerprint density at radius 3 is 2.89 bits per heavy atom. The molecule has 1 heterocycles. The summed E-state index contributed by atoms with van der Waals surface area (Å²) in [7, 11) is 0. The molecule has 0 bridgehead atoms. The lowest BCUT2D eigenvalue weighted by Gasteiger charge is -2.15. The predicted octanol–water partition coefficient (Wildman–Crippen LogP) is 2.26. The minimum Gasteiger partial charge on any atom is -0.328 e. The summed E-state index contributed by atoms with van der Waals surface area (Å²) in [6.07, 6.45) is 1.08. The van der Waals surface area contributed by atoms with Gasteiger partial charge in [0.05, 0.1) is 6.67 Å². The highest BCUT2D eigenvalue weighted by atomic mass is 32.2. The third-order valence-electron chi connectivity index (χ3n) is 3.10. The molecule has 3 nitrogen and oxygen atoms in total. The summed E-state index contributed by atoms with van der Waals surface area (Å²) in [4.78, 5) is 14.2. The average molecular weight is 264 g/mol. The number of nitrogens with zero attached hydrogens (tertiary/aromatic N) is 1. The van der Waals surface area contributed by atoms with Gasteiger partial charge in [-0.15, -0.1) is 0 Å². The summed E-state index contributed by atoms with van der Waals surface area (Å²) in [6.45, 7) is 3.70. The number of carbonyl (C=O) groups excluding carboxylic acids is 1. The molecule has 1 aromatic carbocycles. The van der Waals surface area contributed by atoms with Crippen molar-refractivity contribution in [3.05, 3.63) is 35.9 Å². The first-order valence-electron chi connectivity index (χ1n) is 6.47. The maximum absolute atomic E-state index is 12.2. The van der Waals surface area contributed by atoms with Crippen molar-refractivity contribution in [3.63, 3.8) is 0 Å². The quantitative estimate of drug-likeness (QED) is 0.800. The van der Waals surface area contributed by atoms with E-state index in [9.17, 15) is 4.79 Å². The van der Waals surface area contributed by atoms with Crippen LogP contribution in [0.25, 0.3) is 0 Å². The molecule has 0 radical (unpaired) electrons. The molecule has 4 heteroatoms. The predicted molar refractivity (Wildman–Crippen MR) is 76.5 cm³/mol. The van der Waals surface area contributed by atoms with Gasteiger partial charge in [-0.3, -0.25) is 10.1 Å². The normalized spacial score (nSPS) is 19.5. The van der Waals surface area contributed by atoms with Crippen LogP contribution in [-0.4, -0.2) is 35.5 Å². The third kappa shape index (κ3) is 3.27. The Balaban J connectivity index is 1.86. The van der Waals surface area contributed by atoms with Crippen LogP contribution in [-0.2, 0) is 4.79 Å². The Hall–Kier alpha value is -1.00. The molecule has 2 rings (SSSR count). The van der Waals surface area contributed by atoms with Crippen molar-refractivity contribution in [3.8, 4) is 0 Å². The molecule has 1 aliphatic heterocycles. The van der Waals surface area contributed by atoms with Crippen molar-refractivity contribution in [1.29, 1.82) is 0 Å². The zero-order valence-corrected chi connectivity index (χ0v) is 11.6. The Morgan fingerprint density at radius 2 is 2.17 bits per heavy atom. The largest absolute Gasteiger partial charge is 0.328 e. The fourth-order valence-corrected chi connectivity index (χ4v) is 2.77. The number of thioether (sulfide) groups is 1. The summed E-state index contributed by atoms with van der Waals surface area (Å²) in [5, 5.41) is 3.28. The van der Waals surface area contributed by atoms with E-state index >= 15 is 0 Å². The van der Waals surface area contributed by atoms with Crippen LogP contribution < -0.4 is 5.32 Å². The lowest BCUT2D eigenvalue weighted by atomic mass is 10.1. The molecule has 18 heavy (non-hydrogen) atoms. The van der Waals surface area contributed by atoms with Crippen LogP contribution in [0.3, 0.4) is 0 Å². The van der Waals surface area contributed by atoms with Gasteiger partial charge in [-0.25, -0.2) is 0 Å². The molecule has 1 saturated heterocycles. The van der Waals surface area contributed by atoms with E-state index in [0.717, 1.165) is 30.0 Å². The lowest BCUT2D eigenvalue weighted by Crippen LogP contribution is -2.28. The first-order valence-corrected chi connectivity index (χ1v) is 7.63. The first kappa shape index (κ1) is 13.4. The number of nitrogens with one attached hydrogen (secondary N) is 1. The number of hydrogen-bond donors (Lipinski definition) is 1. The van der Waals surface area contributed by atoms with Crippen molar-refractivity contribution in [2.24, 2.45) is 0 Å². The van der Waals surface area contributed by atoms with Crippen LogP contribution in [0.4, 0.5) is 0 Å². The number of hydrogen-bond acceptors (Lipinski definition) is 3. The standard InChI is InChI=1S/C14H20N2OS/c1-2-18-10-6-9-16-11-15-13(14(16)17)12-7-4-3-5-8-12/h3-5,7-8,13,15H,2,6,9-11H2,1H3. The monoisotopic (exact) mass is 264 g/mol. The molecule has 1 amide bonds. The van der Waals surface area contributed by atoms with Crippen molar-refractivity contribution >= 4 is 17.7 Å². The maximum Gasteiger partial charge on any atom is 0.245 e. The Labute approximate surface area is 113 Å². The molecule has 1 aromatic rings. The first-order chi connectivity index (χ1) is 8.83. The van der Waals surface area contributed by atoms with Crippen molar-refractivity contribution in [2.75, 3.05) is 24.7 Å². The van der Waals surface area contributed by atoms with E-state index in [1.807, 2.05) is 47.0 Å². The molecular formula is C14H20N2OS. The Bertz CT molecular complexity index is 383. The highest BCUT2D eigenvalue weighted by Gasteiger charge is 2.31. The molecule has 98 valence electrons. The highest BCUT2D eigenvalue weighted by molar-refractivity contribution is 7.99. The van der Waals surface area contributed by atoms with Gasteiger partial charge in [0.1, 0.15) is 6.04 Å². The summed E-state index contributed by atoms with van der Waals surface area (Å²) >= 11 is 1.93. The van der Waals surface area contributed by atoms with E-state index in [4.69, 9.17) is 0 Å². The molecule has 0 aromatic heterocycles.